The Hall–Kier alpha value is -1.36. The van der Waals surface area contributed by atoms with Gasteiger partial charge in [0, 0.05) is 0 Å². The van der Waals surface area contributed by atoms with Crippen molar-refractivity contribution in [1.29, 1.82) is 0 Å². The Morgan fingerprint density at radius 2 is 1.44 bits per heavy atom. The molecule has 0 aliphatic carbocycles. The smallest absolute Gasteiger partial charge is 0.243 e. The number of benzene rings is 1. The lowest BCUT2D eigenvalue weighted by atomic mass is 10.3. The minimum atomic E-state index is -4.54. The van der Waals surface area contributed by atoms with E-state index in [-0.39, 0.29) is 0 Å². The number of hydrogen-bond donors (Lipinski definition) is 4. The van der Waals surface area contributed by atoms with Crippen LogP contribution in [0.4, 0.5) is 0 Å². The Morgan fingerprint density at radius 1 is 0.938 bits per heavy atom. The molecule has 90 valence electrons. The lowest BCUT2D eigenvalue weighted by molar-refractivity contribution is 0.390. The zero-order valence-corrected chi connectivity index (χ0v) is 9.29. The summed E-state index contributed by atoms with van der Waals surface area (Å²) in [6, 6.07) is 1.51. The quantitative estimate of drug-likeness (QED) is 0.472. The van der Waals surface area contributed by atoms with Gasteiger partial charge in [0.25, 0.3) is 0 Å². The number of nitrogens with two attached hydrogens (primary N) is 2. The molecule has 10 heteroatoms. The first-order valence-electron chi connectivity index (χ1n) is 3.65. The fourth-order valence-corrected chi connectivity index (χ4v) is 3.07. The number of phenols is 2. The van der Waals surface area contributed by atoms with Crippen LogP contribution in [0.5, 0.6) is 11.5 Å². The molecule has 0 radical (unpaired) electrons. The van der Waals surface area contributed by atoms with Gasteiger partial charge in [0.2, 0.25) is 20.0 Å². The van der Waals surface area contributed by atoms with Gasteiger partial charge in [-0.25, -0.2) is 27.1 Å². The van der Waals surface area contributed by atoms with Crippen molar-refractivity contribution in [3.05, 3.63) is 12.1 Å². The summed E-state index contributed by atoms with van der Waals surface area (Å²) in [5.74, 6) is -1.98. The summed E-state index contributed by atoms with van der Waals surface area (Å²) in [5, 5.41) is 27.7. The van der Waals surface area contributed by atoms with E-state index in [4.69, 9.17) is 15.4 Å². The highest BCUT2D eigenvalue weighted by Crippen LogP contribution is 2.35. The molecule has 0 aliphatic rings. The second-order valence-corrected chi connectivity index (χ2v) is 5.88. The maximum Gasteiger partial charge on any atom is 0.243 e. The second kappa shape index (κ2) is 3.59. The molecular weight excluding hydrogens is 260 g/mol. The van der Waals surface area contributed by atoms with Gasteiger partial charge in [-0.3, -0.25) is 0 Å². The van der Waals surface area contributed by atoms with E-state index in [0.717, 1.165) is 12.1 Å². The fourth-order valence-electron chi connectivity index (χ4n) is 1.04. The molecule has 6 N–H and O–H groups in total. The van der Waals surface area contributed by atoms with Crippen molar-refractivity contribution in [1.82, 2.24) is 0 Å². The van der Waals surface area contributed by atoms with Crippen molar-refractivity contribution < 1.29 is 27.0 Å². The Bertz CT molecular complexity index is 633. The second-order valence-electron chi connectivity index (χ2n) is 2.85. The normalized spacial score (nSPS) is 12.6. The summed E-state index contributed by atoms with van der Waals surface area (Å²) < 4.78 is 44.2. The first-order valence-corrected chi connectivity index (χ1v) is 6.75. The van der Waals surface area contributed by atoms with Crippen molar-refractivity contribution in [3.8, 4) is 11.5 Å². The highest BCUT2D eigenvalue weighted by molar-refractivity contribution is 7.92. The maximum atomic E-state index is 11.1. The molecule has 0 amide bonds. The van der Waals surface area contributed by atoms with Crippen LogP contribution >= 0.6 is 0 Å². The topological polar surface area (TPSA) is 161 Å². The predicted molar refractivity (Wildman–Crippen MR) is 52.5 cm³/mol. The van der Waals surface area contributed by atoms with Crippen molar-refractivity contribution in [2.75, 3.05) is 0 Å². The number of hydrogen-bond acceptors (Lipinski definition) is 6. The molecule has 0 spiro atoms. The lowest BCUT2D eigenvalue weighted by Gasteiger charge is -2.08. The van der Waals surface area contributed by atoms with E-state index in [9.17, 15) is 21.9 Å². The minimum absolute atomic E-state index is 0.726. The van der Waals surface area contributed by atoms with E-state index in [1.807, 2.05) is 0 Å². The highest BCUT2D eigenvalue weighted by atomic mass is 32.2. The van der Waals surface area contributed by atoms with E-state index in [1.165, 1.54) is 0 Å². The molecule has 1 aromatic carbocycles. The summed E-state index contributed by atoms with van der Waals surface area (Å²) in [6.07, 6.45) is 0. The molecule has 0 saturated carbocycles. The summed E-state index contributed by atoms with van der Waals surface area (Å²) in [5.41, 5.74) is 0. The third-order valence-corrected chi connectivity index (χ3v) is 3.73. The van der Waals surface area contributed by atoms with E-state index in [2.05, 4.69) is 0 Å². The SMILES string of the molecule is NS(=O)(=O)c1ccc(O)c(O)c1S(N)(=O)=O. The summed E-state index contributed by atoms with van der Waals surface area (Å²) in [4.78, 5) is -2.01. The Kier molecular flexibility index (Phi) is 2.85. The number of sulfonamides is 2. The number of rotatable bonds is 2. The standard InChI is InChI=1S/C6H8N2O6S2/c7-15(11,12)4-2-1-3(9)5(10)6(4)16(8,13)14/h1-2,9-10H,(H2,7,11,12)(H2,8,13,14). The van der Waals surface area contributed by atoms with Crippen molar-refractivity contribution >= 4 is 20.0 Å². The molecule has 0 bridgehead atoms. The Balaban J connectivity index is 3.88. The number of primary sulfonamides is 2. The van der Waals surface area contributed by atoms with Gasteiger partial charge >= 0.3 is 0 Å². The first-order chi connectivity index (χ1) is 7.05. The first kappa shape index (κ1) is 12.7. The molecule has 8 nitrogen and oxygen atoms in total. The van der Waals surface area contributed by atoms with Crippen LogP contribution in [0.25, 0.3) is 0 Å². The van der Waals surface area contributed by atoms with E-state index < -0.39 is 41.3 Å². The van der Waals surface area contributed by atoms with E-state index >= 15 is 0 Å². The van der Waals surface area contributed by atoms with Gasteiger partial charge in [-0.1, -0.05) is 0 Å². The molecule has 0 fully saturated rings. The van der Waals surface area contributed by atoms with E-state index in [1.54, 1.807) is 0 Å². The largest absolute Gasteiger partial charge is 0.504 e. The molecule has 1 aromatic rings. The van der Waals surface area contributed by atoms with E-state index in [0.29, 0.717) is 0 Å². The third kappa shape index (κ3) is 2.24. The van der Waals surface area contributed by atoms with Crippen LogP contribution in [0.1, 0.15) is 0 Å². The molecule has 16 heavy (non-hydrogen) atoms. The van der Waals surface area contributed by atoms with Crippen molar-refractivity contribution in [2.24, 2.45) is 10.3 Å². The molecule has 0 saturated heterocycles. The average molecular weight is 268 g/mol. The van der Waals surface area contributed by atoms with Crippen LogP contribution < -0.4 is 10.3 Å². The molecule has 0 heterocycles. The van der Waals surface area contributed by atoms with Gasteiger partial charge in [0.1, 0.15) is 9.79 Å². The summed E-state index contributed by atoms with van der Waals surface area (Å²) >= 11 is 0. The fraction of sp³-hybridized carbons (Fsp3) is 0. The lowest BCUT2D eigenvalue weighted by Crippen LogP contribution is -2.20. The monoisotopic (exact) mass is 268 g/mol. The summed E-state index contributed by atoms with van der Waals surface area (Å²) in [7, 11) is -8.93. The molecule has 0 atom stereocenters. The van der Waals surface area contributed by atoms with Gasteiger partial charge in [0.15, 0.2) is 11.5 Å². The minimum Gasteiger partial charge on any atom is -0.504 e. The Labute approximate surface area is 91.2 Å². The van der Waals surface area contributed by atoms with Gasteiger partial charge in [-0.2, -0.15) is 0 Å². The molecule has 1 rings (SSSR count). The van der Waals surface area contributed by atoms with Gasteiger partial charge in [-0.05, 0) is 12.1 Å². The van der Waals surface area contributed by atoms with Crippen LogP contribution in [0.2, 0.25) is 0 Å². The predicted octanol–water partition coefficient (Wildman–Crippen LogP) is -1.61. The average Bonchev–Trinajstić information content (AvgIpc) is 2.05. The van der Waals surface area contributed by atoms with Crippen molar-refractivity contribution in [2.45, 2.75) is 9.79 Å². The van der Waals surface area contributed by atoms with Crippen LogP contribution in [-0.2, 0) is 20.0 Å². The zero-order chi connectivity index (χ0) is 12.7. The molecule has 0 aromatic heterocycles. The zero-order valence-electron chi connectivity index (χ0n) is 7.65. The molecular formula is C6H8N2O6S2. The van der Waals surface area contributed by atoms with Gasteiger partial charge in [0.05, 0.1) is 0 Å². The third-order valence-electron chi connectivity index (χ3n) is 1.67. The van der Waals surface area contributed by atoms with Crippen LogP contribution in [0.3, 0.4) is 0 Å². The number of phenolic OH excluding ortho intramolecular Hbond substituents is 2. The van der Waals surface area contributed by atoms with Crippen molar-refractivity contribution in [3.63, 3.8) is 0 Å². The molecule has 0 unspecified atom stereocenters. The number of aromatic hydroxyl groups is 2. The van der Waals surface area contributed by atoms with Crippen LogP contribution in [0.15, 0.2) is 21.9 Å². The Morgan fingerprint density at radius 3 is 1.81 bits per heavy atom. The van der Waals surface area contributed by atoms with Gasteiger partial charge < -0.3 is 10.2 Å². The van der Waals surface area contributed by atoms with Gasteiger partial charge in [-0.15, -0.1) is 0 Å². The van der Waals surface area contributed by atoms with Crippen LogP contribution in [-0.4, -0.2) is 27.0 Å². The van der Waals surface area contributed by atoms with Crippen LogP contribution in [0, 0.1) is 0 Å². The maximum absolute atomic E-state index is 11.1. The summed E-state index contributed by atoms with van der Waals surface area (Å²) in [6.45, 7) is 0. The molecule has 0 aliphatic heterocycles. The highest BCUT2D eigenvalue weighted by Gasteiger charge is 2.27.